The fourth-order valence-corrected chi connectivity index (χ4v) is 5.43. The van der Waals surface area contributed by atoms with Crippen LogP contribution in [-0.4, -0.2) is 32.1 Å². The van der Waals surface area contributed by atoms with Crippen molar-refractivity contribution in [2.75, 3.05) is 14.2 Å². The van der Waals surface area contributed by atoms with Crippen LogP contribution in [0.1, 0.15) is 63.4 Å². The SMILES string of the molecule is COc1cc(Br)c([C@H]2C(C(=O)OC3CCCC3)=C(C)NC3=C2C(=O)CCC3)cc1OC. The number of nitrogens with one attached hydrogen (secondary N) is 1. The van der Waals surface area contributed by atoms with Crippen molar-refractivity contribution in [2.24, 2.45) is 0 Å². The number of benzene rings is 1. The zero-order valence-electron chi connectivity index (χ0n) is 18.2. The molecule has 0 radical (unpaired) electrons. The number of esters is 1. The molecule has 0 spiro atoms. The summed E-state index contributed by atoms with van der Waals surface area (Å²) >= 11 is 3.64. The molecule has 1 heterocycles. The van der Waals surface area contributed by atoms with Crippen molar-refractivity contribution in [1.82, 2.24) is 5.32 Å². The Morgan fingerprint density at radius 3 is 2.42 bits per heavy atom. The van der Waals surface area contributed by atoms with Gasteiger partial charge in [0.25, 0.3) is 0 Å². The Bertz CT molecular complexity index is 974. The van der Waals surface area contributed by atoms with Crippen LogP contribution >= 0.6 is 15.9 Å². The largest absolute Gasteiger partial charge is 0.493 e. The summed E-state index contributed by atoms with van der Waals surface area (Å²) in [5.41, 5.74) is 3.58. The zero-order valence-corrected chi connectivity index (χ0v) is 19.8. The Balaban J connectivity index is 1.84. The van der Waals surface area contributed by atoms with E-state index in [1.54, 1.807) is 14.2 Å². The van der Waals surface area contributed by atoms with Gasteiger partial charge in [-0.2, -0.15) is 0 Å². The average Bonchev–Trinajstić information content (AvgIpc) is 3.25. The van der Waals surface area contributed by atoms with Crippen LogP contribution in [0.3, 0.4) is 0 Å². The highest BCUT2D eigenvalue weighted by molar-refractivity contribution is 9.10. The Labute approximate surface area is 191 Å². The van der Waals surface area contributed by atoms with Gasteiger partial charge in [-0.15, -0.1) is 0 Å². The molecular weight excluding hydrogens is 462 g/mol. The molecule has 1 aromatic rings. The number of ether oxygens (including phenoxy) is 3. The van der Waals surface area contributed by atoms with Crippen LogP contribution in [-0.2, 0) is 14.3 Å². The molecule has 1 aliphatic heterocycles. The van der Waals surface area contributed by atoms with Crippen LogP contribution in [0.2, 0.25) is 0 Å². The molecule has 1 aromatic carbocycles. The van der Waals surface area contributed by atoms with E-state index in [-0.39, 0.29) is 17.9 Å². The second-order valence-corrected chi connectivity index (χ2v) is 9.16. The van der Waals surface area contributed by atoms with Gasteiger partial charge in [-0.1, -0.05) is 15.9 Å². The third-order valence-electron chi connectivity index (χ3n) is 6.39. The van der Waals surface area contributed by atoms with Gasteiger partial charge < -0.3 is 19.5 Å². The second kappa shape index (κ2) is 9.07. The van der Waals surface area contributed by atoms with E-state index in [1.807, 2.05) is 19.1 Å². The third-order valence-corrected chi connectivity index (χ3v) is 7.07. The van der Waals surface area contributed by atoms with Crippen molar-refractivity contribution in [3.8, 4) is 11.5 Å². The number of allylic oxidation sites excluding steroid dienone is 3. The quantitative estimate of drug-likeness (QED) is 0.591. The van der Waals surface area contributed by atoms with Gasteiger partial charge in [0, 0.05) is 33.8 Å². The first-order valence-corrected chi connectivity index (χ1v) is 11.6. The van der Waals surface area contributed by atoms with E-state index >= 15 is 0 Å². The highest BCUT2D eigenvalue weighted by Gasteiger charge is 2.41. The number of dihydropyridines is 1. The molecule has 31 heavy (non-hydrogen) atoms. The van der Waals surface area contributed by atoms with Gasteiger partial charge in [-0.25, -0.2) is 4.79 Å². The summed E-state index contributed by atoms with van der Waals surface area (Å²) in [7, 11) is 3.15. The minimum atomic E-state index is -0.521. The summed E-state index contributed by atoms with van der Waals surface area (Å²) < 4.78 is 17.6. The molecule has 1 atom stereocenters. The Morgan fingerprint density at radius 2 is 1.74 bits per heavy atom. The number of hydrogen-bond donors (Lipinski definition) is 1. The lowest BCUT2D eigenvalue weighted by atomic mass is 9.75. The Morgan fingerprint density at radius 1 is 1.06 bits per heavy atom. The van der Waals surface area contributed by atoms with E-state index in [9.17, 15) is 9.59 Å². The van der Waals surface area contributed by atoms with Crippen LogP contribution in [0.15, 0.2) is 39.1 Å². The van der Waals surface area contributed by atoms with Gasteiger partial charge in [-0.05, 0) is 63.1 Å². The lowest BCUT2D eigenvalue weighted by Gasteiger charge is -2.35. The van der Waals surface area contributed by atoms with E-state index in [4.69, 9.17) is 14.2 Å². The summed E-state index contributed by atoms with van der Waals surface area (Å²) in [6.45, 7) is 1.88. The van der Waals surface area contributed by atoms with Crippen LogP contribution in [0.5, 0.6) is 11.5 Å². The number of rotatable bonds is 5. The number of hydrogen-bond acceptors (Lipinski definition) is 6. The highest BCUT2D eigenvalue weighted by atomic mass is 79.9. The van der Waals surface area contributed by atoms with Crippen LogP contribution in [0.4, 0.5) is 0 Å². The van der Waals surface area contributed by atoms with Crippen molar-refractivity contribution in [1.29, 1.82) is 0 Å². The third kappa shape index (κ3) is 4.12. The normalized spacial score (nSPS) is 21.7. The monoisotopic (exact) mass is 489 g/mol. The van der Waals surface area contributed by atoms with Crippen molar-refractivity contribution < 1.29 is 23.8 Å². The smallest absolute Gasteiger partial charge is 0.337 e. The molecule has 0 bridgehead atoms. The molecule has 7 heteroatoms. The molecule has 1 saturated carbocycles. The molecule has 3 aliphatic rings. The van der Waals surface area contributed by atoms with Crippen LogP contribution in [0, 0.1) is 0 Å². The first-order valence-electron chi connectivity index (χ1n) is 10.8. The van der Waals surface area contributed by atoms with Gasteiger partial charge in [-0.3, -0.25) is 4.79 Å². The molecule has 166 valence electrons. The molecule has 0 amide bonds. The summed E-state index contributed by atoms with van der Waals surface area (Å²) in [4.78, 5) is 26.5. The predicted molar refractivity (Wildman–Crippen MR) is 120 cm³/mol. The van der Waals surface area contributed by atoms with E-state index in [1.165, 1.54) is 0 Å². The number of methoxy groups -OCH3 is 2. The molecule has 0 unspecified atom stereocenters. The minimum absolute atomic E-state index is 0.0558. The molecule has 4 rings (SSSR count). The van der Waals surface area contributed by atoms with Gasteiger partial charge in [0.2, 0.25) is 0 Å². The number of carbonyl (C=O) groups excluding carboxylic acids is 2. The van der Waals surface area contributed by atoms with E-state index in [0.29, 0.717) is 29.1 Å². The van der Waals surface area contributed by atoms with Gasteiger partial charge >= 0.3 is 5.97 Å². The summed E-state index contributed by atoms with van der Waals surface area (Å²) in [5.74, 6) is 0.317. The molecule has 6 nitrogen and oxygen atoms in total. The molecular formula is C24H28BrNO5. The highest BCUT2D eigenvalue weighted by Crippen LogP contribution is 2.47. The first kappa shape index (κ1) is 21.9. The number of carbonyl (C=O) groups is 2. The molecule has 1 fully saturated rings. The summed E-state index contributed by atoms with van der Waals surface area (Å²) in [5, 5.41) is 3.34. The molecule has 1 N–H and O–H groups in total. The van der Waals surface area contributed by atoms with Crippen molar-refractivity contribution >= 4 is 27.7 Å². The second-order valence-electron chi connectivity index (χ2n) is 8.31. The Hall–Kier alpha value is -2.28. The number of Topliss-reactive ketones (excluding diaryl/α,β-unsaturated/α-hetero) is 1. The van der Waals surface area contributed by atoms with Gasteiger partial charge in [0.15, 0.2) is 17.3 Å². The summed E-state index contributed by atoms with van der Waals surface area (Å²) in [6, 6.07) is 3.67. The molecule has 0 saturated heterocycles. The molecule has 2 aliphatic carbocycles. The maximum atomic E-state index is 13.4. The molecule has 0 aromatic heterocycles. The fraction of sp³-hybridized carbons (Fsp3) is 0.500. The topological polar surface area (TPSA) is 73.9 Å². The lowest BCUT2D eigenvalue weighted by Crippen LogP contribution is -2.35. The number of halogens is 1. The van der Waals surface area contributed by atoms with E-state index < -0.39 is 5.92 Å². The van der Waals surface area contributed by atoms with Gasteiger partial charge in [0.05, 0.1) is 19.8 Å². The number of ketones is 1. The minimum Gasteiger partial charge on any atom is -0.493 e. The summed E-state index contributed by atoms with van der Waals surface area (Å²) in [6.07, 6.45) is 5.95. The van der Waals surface area contributed by atoms with Crippen molar-refractivity contribution in [2.45, 2.75) is 63.9 Å². The van der Waals surface area contributed by atoms with Gasteiger partial charge in [0.1, 0.15) is 6.10 Å². The maximum absolute atomic E-state index is 13.4. The van der Waals surface area contributed by atoms with Crippen LogP contribution < -0.4 is 14.8 Å². The Kier molecular flexibility index (Phi) is 6.42. The predicted octanol–water partition coefficient (Wildman–Crippen LogP) is 4.92. The van der Waals surface area contributed by atoms with Crippen molar-refractivity contribution in [3.05, 3.63) is 44.7 Å². The van der Waals surface area contributed by atoms with E-state index in [0.717, 1.165) is 60.0 Å². The van der Waals surface area contributed by atoms with Crippen molar-refractivity contribution in [3.63, 3.8) is 0 Å². The lowest BCUT2D eigenvalue weighted by molar-refractivity contribution is -0.144. The standard InChI is InChI=1S/C24H28BrNO5/c1-13-21(24(28)31-14-7-4-5-8-14)22(23-17(26-13)9-6-10-18(23)27)15-11-19(29-2)20(30-3)12-16(15)25/h11-12,14,22,26H,4-10H2,1-3H3/t22-/m0/s1. The first-order chi connectivity index (χ1) is 14.9. The average molecular weight is 490 g/mol. The zero-order chi connectivity index (χ0) is 22.1. The fourth-order valence-electron chi connectivity index (χ4n) is 4.88. The van der Waals surface area contributed by atoms with Crippen LogP contribution in [0.25, 0.3) is 0 Å². The maximum Gasteiger partial charge on any atom is 0.337 e. The van der Waals surface area contributed by atoms with E-state index in [2.05, 4.69) is 21.2 Å².